The van der Waals surface area contributed by atoms with Crippen LogP contribution in [0.1, 0.15) is 0 Å². The van der Waals surface area contributed by atoms with Crippen molar-refractivity contribution in [1.82, 2.24) is 9.13 Å². The van der Waals surface area contributed by atoms with Crippen molar-refractivity contribution in [2.24, 2.45) is 0 Å². The van der Waals surface area contributed by atoms with Crippen LogP contribution in [-0.4, -0.2) is 9.13 Å². The first kappa shape index (κ1) is 36.9. The minimum Gasteiger partial charge on any atom is -0.311 e. The van der Waals surface area contributed by atoms with Crippen LogP contribution in [0.5, 0.6) is 0 Å². The van der Waals surface area contributed by atoms with Gasteiger partial charge in [-0.25, -0.2) is 0 Å². The molecule has 0 amide bonds. The molecule has 13 aromatic rings. The zero-order chi connectivity index (χ0) is 42.8. The van der Waals surface area contributed by atoms with Crippen LogP contribution in [0.3, 0.4) is 0 Å². The van der Waals surface area contributed by atoms with E-state index in [1.165, 1.54) is 87.4 Å². The van der Waals surface area contributed by atoms with Gasteiger partial charge in [0.05, 0.1) is 22.1 Å². The van der Waals surface area contributed by atoms with Gasteiger partial charge in [-0.05, 0) is 123 Å². The molecule has 65 heavy (non-hydrogen) atoms. The van der Waals surface area contributed by atoms with E-state index in [9.17, 15) is 0 Å². The summed E-state index contributed by atoms with van der Waals surface area (Å²) in [6.07, 6.45) is 0. The Morgan fingerprint density at radius 1 is 0.262 bits per heavy atom. The molecule has 0 N–H and O–H groups in total. The van der Waals surface area contributed by atoms with Gasteiger partial charge < -0.3 is 14.0 Å². The summed E-state index contributed by atoms with van der Waals surface area (Å²) in [5, 5.41) is 10.1. The Bertz CT molecular complexity index is 3860. The van der Waals surface area contributed by atoms with Gasteiger partial charge in [-0.15, -0.1) is 0 Å². The van der Waals surface area contributed by atoms with Gasteiger partial charge in [0.15, 0.2) is 0 Å². The van der Waals surface area contributed by atoms with Crippen molar-refractivity contribution >= 4 is 82.2 Å². The molecule has 0 aliphatic heterocycles. The standard InChI is InChI=1S/C62H41N3/c1-2-16-45(17-3-1)65-61-28-13-10-23-56(61)57-25-14-24-51(62(57)65)42-29-33-46(34-30-42)63(48-37-39-49(40-38-48)64-59-26-11-8-21-54(59)55-22-9-12-27-60(55)64)47-35-31-43(32-36-47)58-41-44-15-4-5-18-50(44)52-19-6-7-20-53(52)58/h1-41H. The quantitative estimate of drug-likeness (QED) is 0.146. The molecule has 13 rings (SSSR count). The molecule has 0 aliphatic carbocycles. The second-order valence-corrected chi connectivity index (χ2v) is 16.9. The van der Waals surface area contributed by atoms with E-state index in [1.54, 1.807) is 0 Å². The summed E-state index contributed by atoms with van der Waals surface area (Å²) in [5.74, 6) is 0. The average Bonchev–Trinajstić information content (AvgIpc) is 3.90. The van der Waals surface area contributed by atoms with Crippen LogP contribution in [0, 0.1) is 0 Å². The molecule has 304 valence electrons. The van der Waals surface area contributed by atoms with E-state index in [0.717, 1.165) is 28.4 Å². The molecular weight excluding hydrogens is 787 g/mol. The molecule has 0 radical (unpaired) electrons. The number of aromatic nitrogens is 2. The molecule has 0 atom stereocenters. The Morgan fingerprint density at radius 2 is 0.692 bits per heavy atom. The van der Waals surface area contributed by atoms with Crippen molar-refractivity contribution in [2.75, 3.05) is 4.90 Å². The summed E-state index contributed by atoms with van der Waals surface area (Å²) in [5.41, 5.74) is 15.1. The van der Waals surface area contributed by atoms with Gasteiger partial charge in [0, 0.05) is 55.5 Å². The number of nitrogens with zero attached hydrogens (tertiary/aromatic N) is 3. The third-order valence-electron chi connectivity index (χ3n) is 13.3. The molecule has 0 saturated carbocycles. The third-order valence-corrected chi connectivity index (χ3v) is 13.3. The highest BCUT2D eigenvalue weighted by molar-refractivity contribution is 6.15. The highest BCUT2D eigenvalue weighted by Crippen LogP contribution is 2.42. The van der Waals surface area contributed by atoms with E-state index in [1.807, 2.05) is 0 Å². The first-order chi connectivity index (χ1) is 32.3. The number of hydrogen-bond acceptors (Lipinski definition) is 1. The highest BCUT2D eigenvalue weighted by Gasteiger charge is 2.19. The van der Waals surface area contributed by atoms with Gasteiger partial charge in [-0.3, -0.25) is 0 Å². The summed E-state index contributed by atoms with van der Waals surface area (Å²) in [6.45, 7) is 0. The maximum Gasteiger partial charge on any atom is 0.0619 e. The number of hydrogen-bond donors (Lipinski definition) is 0. The van der Waals surface area contributed by atoms with Crippen molar-refractivity contribution in [3.63, 3.8) is 0 Å². The topological polar surface area (TPSA) is 13.1 Å². The predicted molar refractivity (Wildman–Crippen MR) is 276 cm³/mol. The molecule has 0 spiro atoms. The Balaban J connectivity index is 0.948. The molecule has 11 aromatic carbocycles. The lowest BCUT2D eigenvalue weighted by molar-refractivity contribution is 1.17. The first-order valence-electron chi connectivity index (χ1n) is 22.3. The third kappa shape index (κ3) is 5.97. The van der Waals surface area contributed by atoms with Crippen LogP contribution < -0.4 is 4.90 Å². The lowest BCUT2D eigenvalue weighted by Crippen LogP contribution is -2.10. The fourth-order valence-electron chi connectivity index (χ4n) is 10.4. The lowest BCUT2D eigenvalue weighted by Gasteiger charge is -2.26. The molecule has 0 bridgehead atoms. The molecular formula is C62H41N3. The van der Waals surface area contributed by atoms with E-state index < -0.39 is 0 Å². The summed E-state index contributed by atoms with van der Waals surface area (Å²) in [7, 11) is 0. The first-order valence-corrected chi connectivity index (χ1v) is 22.3. The largest absolute Gasteiger partial charge is 0.311 e. The van der Waals surface area contributed by atoms with Crippen molar-refractivity contribution < 1.29 is 0 Å². The fraction of sp³-hybridized carbons (Fsp3) is 0. The Labute approximate surface area is 376 Å². The highest BCUT2D eigenvalue weighted by atomic mass is 15.1. The predicted octanol–water partition coefficient (Wildman–Crippen LogP) is 17.0. The maximum atomic E-state index is 2.42. The molecule has 3 heteroatoms. The van der Waals surface area contributed by atoms with Gasteiger partial charge in [0.25, 0.3) is 0 Å². The molecule has 0 aliphatic rings. The maximum absolute atomic E-state index is 2.42. The van der Waals surface area contributed by atoms with E-state index in [2.05, 4.69) is 263 Å². The van der Waals surface area contributed by atoms with Crippen LogP contribution in [0.15, 0.2) is 249 Å². The SMILES string of the molecule is c1ccc(-n2c3ccccc3c3cccc(-c4ccc(N(c5ccc(-c6cc7ccccc7c7ccccc67)cc5)c5ccc(-n6c7ccccc7c7ccccc76)cc5)cc4)c32)cc1. The molecule has 2 aromatic heterocycles. The van der Waals surface area contributed by atoms with E-state index in [4.69, 9.17) is 0 Å². The van der Waals surface area contributed by atoms with Crippen molar-refractivity contribution in [3.8, 4) is 33.6 Å². The second kappa shape index (κ2) is 15.0. The smallest absolute Gasteiger partial charge is 0.0619 e. The molecule has 2 heterocycles. The zero-order valence-electron chi connectivity index (χ0n) is 35.5. The van der Waals surface area contributed by atoms with E-state index >= 15 is 0 Å². The van der Waals surface area contributed by atoms with Crippen LogP contribution in [0.2, 0.25) is 0 Å². The van der Waals surface area contributed by atoms with E-state index in [-0.39, 0.29) is 0 Å². The number of para-hydroxylation sites is 5. The van der Waals surface area contributed by atoms with Gasteiger partial charge >= 0.3 is 0 Å². The summed E-state index contributed by atoms with van der Waals surface area (Å²) >= 11 is 0. The minimum atomic E-state index is 1.08. The fourth-order valence-corrected chi connectivity index (χ4v) is 10.4. The summed E-state index contributed by atoms with van der Waals surface area (Å²) in [6, 6.07) is 90.6. The number of benzene rings is 11. The number of anilines is 3. The average molecular weight is 828 g/mol. The van der Waals surface area contributed by atoms with Crippen LogP contribution >= 0.6 is 0 Å². The Hall–Kier alpha value is -8.66. The van der Waals surface area contributed by atoms with E-state index in [0.29, 0.717) is 0 Å². The molecule has 0 unspecified atom stereocenters. The second-order valence-electron chi connectivity index (χ2n) is 16.9. The van der Waals surface area contributed by atoms with Crippen LogP contribution in [0.4, 0.5) is 17.1 Å². The lowest BCUT2D eigenvalue weighted by atomic mass is 9.93. The van der Waals surface area contributed by atoms with Gasteiger partial charge in [0.1, 0.15) is 0 Å². The van der Waals surface area contributed by atoms with Gasteiger partial charge in [0.2, 0.25) is 0 Å². The number of fused-ring (bicyclic) bond motifs is 9. The summed E-state index contributed by atoms with van der Waals surface area (Å²) in [4.78, 5) is 2.38. The van der Waals surface area contributed by atoms with Crippen molar-refractivity contribution in [1.29, 1.82) is 0 Å². The van der Waals surface area contributed by atoms with Gasteiger partial charge in [-0.1, -0.05) is 164 Å². The normalized spacial score (nSPS) is 11.7. The molecule has 0 saturated heterocycles. The molecule has 0 fully saturated rings. The van der Waals surface area contributed by atoms with Crippen molar-refractivity contribution in [3.05, 3.63) is 249 Å². The Morgan fingerprint density at radius 3 is 1.31 bits per heavy atom. The molecule has 3 nitrogen and oxygen atoms in total. The summed E-state index contributed by atoms with van der Waals surface area (Å²) < 4.78 is 4.80. The van der Waals surface area contributed by atoms with Crippen LogP contribution in [-0.2, 0) is 0 Å². The van der Waals surface area contributed by atoms with Gasteiger partial charge in [-0.2, -0.15) is 0 Å². The Kier molecular flexibility index (Phi) is 8.53. The van der Waals surface area contributed by atoms with Crippen molar-refractivity contribution in [2.45, 2.75) is 0 Å². The zero-order valence-corrected chi connectivity index (χ0v) is 35.5. The number of rotatable bonds is 7. The minimum absolute atomic E-state index is 1.08. The monoisotopic (exact) mass is 827 g/mol. The van der Waals surface area contributed by atoms with Crippen LogP contribution in [0.25, 0.3) is 98.8 Å².